The van der Waals surface area contributed by atoms with E-state index in [9.17, 15) is 9.18 Å². The molecule has 1 atom stereocenters. The van der Waals surface area contributed by atoms with Gasteiger partial charge in [-0.3, -0.25) is 9.89 Å². The highest BCUT2D eigenvalue weighted by molar-refractivity contribution is 7.11. The molecule has 0 saturated carbocycles. The van der Waals surface area contributed by atoms with E-state index in [1.807, 2.05) is 5.38 Å². The second-order valence-corrected chi connectivity index (χ2v) is 8.08. The van der Waals surface area contributed by atoms with Crippen molar-refractivity contribution in [2.45, 2.75) is 6.04 Å². The molecule has 3 heterocycles. The quantitative estimate of drug-likeness (QED) is 0.706. The molecule has 0 aliphatic carbocycles. The summed E-state index contributed by atoms with van der Waals surface area (Å²) in [6, 6.07) is 3.32. The number of benzene rings is 1. The molecule has 1 fully saturated rings. The van der Waals surface area contributed by atoms with Gasteiger partial charge in [0.25, 0.3) is 0 Å². The summed E-state index contributed by atoms with van der Waals surface area (Å²) in [6.07, 6.45) is 1.69. The van der Waals surface area contributed by atoms with E-state index in [0.717, 1.165) is 13.1 Å². The monoisotopic (exact) mass is 450 g/mol. The maximum atomic E-state index is 13.7. The van der Waals surface area contributed by atoms with Crippen molar-refractivity contribution in [3.8, 4) is 0 Å². The van der Waals surface area contributed by atoms with E-state index in [2.05, 4.69) is 15.2 Å². The summed E-state index contributed by atoms with van der Waals surface area (Å²) in [5.74, 6) is -0.441. The summed E-state index contributed by atoms with van der Waals surface area (Å²) < 4.78 is 24.2. The van der Waals surface area contributed by atoms with Crippen LogP contribution in [0.1, 0.15) is 16.6 Å². The van der Waals surface area contributed by atoms with Gasteiger partial charge >= 0.3 is 5.97 Å². The van der Waals surface area contributed by atoms with Crippen molar-refractivity contribution in [1.29, 1.82) is 0 Å². The molecule has 7 nitrogen and oxygen atoms in total. The van der Waals surface area contributed by atoms with E-state index in [4.69, 9.17) is 26.1 Å². The Morgan fingerprint density at radius 1 is 1.43 bits per heavy atom. The number of nitrogens with one attached hydrogen (secondary N) is 1. The number of carbonyl (C=O) groups excluding carboxylic acids is 1. The Morgan fingerprint density at radius 2 is 2.23 bits per heavy atom. The van der Waals surface area contributed by atoms with E-state index >= 15 is 0 Å². The van der Waals surface area contributed by atoms with Gasteiger partial charge in [0.2, 0.25) is 0 Å². The number of hydrogen-bond acceptors (Lipinski definition) is 8. The van der Waals surface area contributed by atoms with Crippen molar-refractivity contribution in [2.75, 3.05) is 40.0 Å². The van der Waals surface area contributed by atoms with E-state index in [1.54, 1.807) is 12.3 Å². The van der Waals surface area contributed by atoms with Crippen LogP contribution in [0.4, 0.5) is 4.39 Å². The minimum absolute atomic E-state index is 0.191. The number of carbonyl (C=O) groups is 1. The zero-order valence-electron chi connectivity index (χ0n) is 16.2. The number of methoxy groups -OCH3 is 1. The molecule has 1 aromatic heterocycles. The van der Waals surface area contributed by atoms with Gasteiger partial charge in [-0.15, -0.1) is 11.3 Å². The number of nitrogens with zero attached hydrogens (tertiary/aromatic N) is 3. The highest BCUT2D eigenvalue weighted by Crippen LogP contribution is 2.36. The molecule has 0 amide bonds. The lowest BCUT2D eigenvalue weighted by Gasteiger charge is -2.32. The summed E-state index contributed by atoms with van der Waals surface area (Å²) >= 11 is 7.77. The van der Waals surface area contributed by atoms with Crippen LogP contribution in [0.15, 0.2) is 46.0 Å². The maximum absolute atomic E-state index is 13.7. The van der Waals surface area contributed by atoms with Crippen LogP contribution in [-0.4, -0.2) is 61.6 Å². The third kappa shape index (κ3) is 4.39. The second-order valence-electron chi connectivity index (χ2n) is 6.78. The first-order chi connectivity index (χ1) is 14.6. The van der Waals surface area contributed by atoms with Gasteiger partial charge in [-0.2, -0.15) is 0 Å². The normalized spacial score (nSPS) is 20.0. The van der Waals surface area contributed by atoms with Crippen LogP contribution in [0.3, 0.4) is 0 Å². The van der Waals surface area contributed by atoms with Gasteiger partial charge in [-0.05, 0) is 12.1 Å². The predicted molar refractivity (Wildman–Crippen MR) is 112 cm³/mol. The fraction of sp³-hybridized carbons (Fsp3) is 0.350. The maximum Gasteiger partial charge on any atom is 0.338 e. The lowest BCUT2D eigenvalue weighted by Crippen LogP contribution is -2.43. The van der Waals surface area contributed by atoms with Crippen LogP contribution in [0, 0.1) is 5.82 Å². The second kappa shape index (κ2) is 9.22. The summed E-state index contributed by atoms with van der Waals surface area (Å²) in [4.78, 5) is 24.1. The Labute approximate surface area is 182 Å². The Hall–Kier alpha value is -2.33. The summed E-state index contributed by atoms with van der Waals surface area (Å²) in [5.41, 5.74) is 1.53. The van der Waals surface area contributed by atoms with Crippen LogP contribution in [0.2, 0.25) is 5.02 Å². The van der Waals surface area contributed by atoms with Crippen LogP contribution >= 0.6 is 22.9 Å². The zero-order valence-corrected chi connectivity index (χ0v) is 17.8. The third-order valence-corrected chi connectivity index (χ3v) is 6.02. The topological polar surface area (TPSA) is 76.0 Å². The van der Waals surface area contributed by atoms with Gasteiger partial charge in [0, 0.05) is 47.5 Å². The number of amidine groups is 1. The first-order valence-corrected chi connectivity index (χ1v) is 10.6. The average Bonchev–Trinajstić information content (AvgIpc) is 3.28. The summed E-state index contributed by atoms with van der Waals surface area (Å²) in [5, 5.41) is 6.00. The molecule has 158 valence electrons. The molecule has 2 aliphatic heterocycles. The van der Waals surface area contributed by atoms with Crippen molar-refractivity contribution in [3.63, 3.8) is 0 Å². The minimum Gasteiger partial charge on any atom is -0.466 e. The van der Waals surface area contributed by atoms with Crippen LogP contribution in [-0.2, 0) is 14.3 Å². The van der Waals surface area contributed by atoms with Gasteiger partial charge in [0.1, 0.15) is 11.9 Å². The Kier molecular flexibility index (Phi) is 6.43. The fourth-order valence-corrected chi connectivity index (χ4v) is 4.31. The van der Waals surface area contributed by atoms with Crippen molar-refractivity contribution < 1.29 is 18.7 Å². The molecular formula is C20H20ClFN4O3S. The molecule has 2 aromatic rings. The highest BCUT2D eigenvalue weighted by Gasteiger charge is 2.34. The molecule has 1 aromatic carbocycles. The number of aromatic nitrogens is 1. The van der Waals surface area contributed by atoms with Crippen molar-refractivity contribution in [3.05, 3.63) is 62.5 Å². The van der Waals surface area contributed by atoms with E-state index in [0.29, 0.717) is 47.4 Å². The standard InChI is InChI=1S/C20H20ClFN4O3S/c1-28-20(27)16-15(11-26-5-7-29-8-6-26)24-18(19-23-4-9-30-19)25-17(16)13-3-2-12(22)10-14(13)21/h2-4,9-10,17H,5-8,11H2,1H3,(H,24,25)/t17-/m1/s1. The summed E-state index contributed by atoms with van der Waals surface area (Å²) in [7, 11) is 1.32. The first kappa shape index (κ1) is 20.9. The lowest BCUT2D eigenvalue weighted by molar-refractivity contribution is -0.136. The van der Waals surface area contributed by atoms with Gasteiger partial charge in [-0.1, -0.05) is 17.7 Å². The minimum atomic E-state index is -0.748. The molecule has 1 saturated heterocycles. The van der Waals surface area contributed by atoms with Crippen molar-refractivity contribution in [1.82, 2.24) is 15.2 Å². The molecule has 2 aliphatic rings. The highest BCUT2D eigenvalue weighted by atomic mass is 35.5. The number of morpholine rings is 1. The molecule has 0 bridgehead atoms. The van der Waals surface area contributed by atoms with Crippen molar-refractivity contribution in [2.24, 2.45) is 4.99 Å². The number of esters is 1. The molecule has 0 unspecified atom stereocenters. The SMILES string of the molecule is COC(=O)C1=C(CN2CCOCC2)NC(c2nccs2)=N[C@@H]1c1ccc(F)cc1Cl. The number of halogens is 2. The first-order valence-electron chi connectivity index (χ1n) is 9.38. The zero-order chi connectivity index (χ0) is 21.1. The number of rotatable bonds is 5. The van der Waals surface area contributed by atoms with Gasteiger partial charge in [-0.25, -0.2) is 14.2 Å². The van der Waals surface area contributed by atoms with Gasteiger partial charge < -0.3 is 14.8 Å². The van der Waals surface area contributed by atoms with E-state index in [-0.39, 0.29) is 5.02 Å². The van der Waals surface area contributed by atoms with Gasteiger partial charge in [0.15, 0.2) is 10.8 Å². The van der Waals surface area contributed by atoms with Crippen LogP contribution in [0.25, 0.3) is 0 Å². The smallest absolute Gasteiger partial charge is 0.338 e. The molecule has 1 N–H and O–H groups in total. The molecular weight excluding hydrogens is 431 g/mol. The molecule has 4 rings (SSSR count). The van der Waals surface area contributed by atoms with Gasteiger partial charge in [0.05, 0.1) is 25.9 Å². The third-order valence-electron chi connectivity index (χ3n) is 4.91. The number of thiazole rings is 1. The summed E-state index contributed by atoms with van der Waals surface area (Å²) in [6.45, 7) is 3.22. The van der Waals surface area contributed by atoms with Crippen molar-refractivity contribution >= 4 is 34.7 Å². The fourth-order valence-electron chi connectivity index (χ4n) is 3.45. The van der Waals surface area contributed by atoms with E-state index in [1.165, 1.54) is 30.6 Å². The molecule has 30 heavy (non-hydrogen) atoms. The largest absolute Gasteiger partial charge is 0.466 e. The Morgan fingerprint density at radius 3 is 2.90 bits per heavy atom. The Balaban J connectivity index is 1.81. The number of ether oxygens (including phenoxy) is 2. The molecule has 10 heteroatoms. The number of hydrogen-bond donors (Lipinski definition) is 1. The van der Waals surface area contributed by atoms with Crippen LogP contribution in [0.5, 0.6) is 0 Å². The predicted octanol–water partition coefficient (Wildman–Crippen LogP) is 2.79. The average molecular weight is 451 g/mol. The van der Waals surface area contributed by atoms with Crippen LogP contribution < -0.4 is 5.32 Å². The van der Waals surface area contributed by atoms with E-state index < -0.39 is 17.8 Å². The molecule has 0 radical (unpaired) electrons. The lowest BCUT2D eigenvalue weighted by atomic mass is 9.95. The number of aliphatic imine (C=N–C) groups is 1. The molecule has 0 spiro atoms. The Bertz CT molecular complexity index is 990.